The molecule has 0 aliphatic carbocycles. The Balaban J connectivity index is 1.95. The molecule has 0 saturated heterocycles. The van der Waals surface area contributed by atoms with E-state index in [1.54, 1.807) is 18.2 Å². The number of amides is 3. The standard InChI is InChI=1S/C12H15N3O4/c13-12(17)15(18)5-6-19-9-1-2-10-8(7-9)3-4-14-11(10)16/h1-2,7,18H,3-6H2,(H2,13,17)(H,14,16). The summed E-state index contributed by atoms with van der Waals surface area (Å²) in [5.74, 6) is 0.509. The molecular formula is C12H15N3O4. The second kappa shape index (κ2) is 5.57. The van der Waals surface area contributed by atoms with Crippen molar-refractivity contribution < 1.29 is 19.5 Å². The highest BCUT2D eigenvalue weighted by Gasteiger charge is 2.16. The Morgan fingerprint density at radius 3 is 3.05 bits per heavy atom. The van der Waals surface area contributed by atoms with E-state index >= 15 is 0 Å². The zero-order chi connectivity index (χ0) is 13.8. The number of carbonyl (C=O) groups is 2. The van der Waals surface area contributed by atoms with Crippen LogP contribution in [0, 0.1) is 0 Å². The molecule has 1 aromatic rings. The summed E-state index contributed by atoms with van der Waals surface area (Å²) in [5, 5.41) is 12.2. The number of benzene rings is 1. The molecule has 102 valence electrons. The van der Waals surface area contributed by atoms with Crippen molar-refractivity contribution in [2.75, 3.05) is 19.7 Å². The normalized spacial score (nSPS) is 13.4. The lowest BCUT2D eigenvalue weighted by Gasteiger charge is -2.18. The van der Waals surface area contributed by atoms with Gasteiger partial charge >= 0.3 is 6.03 Å². The molecule has 19 heavy (non-hydrogen) atoms. The zero-order valence-electron chi connectivity index (χ0n) is 10.3. The molecule has 1 heterocycles. The van der Waals surface area contributed by atoms with Crippen LogP contribution in [-0.4, -0.2) is 41.9 Å². The number of nitrogens with one attached hydrogen (secondary N) is 1. The second-order valence-electron chi connectivity index (χ2n) is 4.13. The molecule has 1 aliphatic heterocycles. The number of hydrogen-bond acceptors (Lipinski definition) is 4. The SMILES string of the molecule is NC(=O)N(O)CCOc1ccc2c(c1)CCNC2=O. The van der Waals surface area contributed by atoms with Crippen LogP contribution >= 0.6 is 0 Å². The van der Waals surface area contributed by atoms with Gasteiger partial charge in [0.05, 0.1) is 6.54 Å². The average molecular weight is 265 g/mol. The molecule has 7 heteroatoms. The first-order valence-electron chi connectivity index (χ1n) is 5.87. The smallest absolute Gasteiger partial charge is 0.338 e. The summed E-state index contributed by atoms with van der Waals surface area (Å²) in [6, 6.07) is 4.24. The molecule has 0 spiro atoms. The molecule has 0 atom stereocenters. The molecule has 0 saturated carbocycles. The van der Waals surface area contributed by atoms with Crippen LogP contribution < -0.4 is 15.8 Å². The molecule has 7 nitrogen and oxygen atoms in total. The Kier molecular flexibility index (Phi) is 3.86. The van der Waals surface area contributed by atoms with Crippen LogP contribution in [0.2, 0.25) is 0 Å². The summed E-state index contributed by atoms with van der Waals surface area (Å²) in [7, 11) is 0. The number of primary amides is 1. The molecule has 0 bridgehead atoms. The van der Waals surface area contributed by atoms with Gasteiger partial charge in [0, 0.05) is 12.1 Å². The van der Waals surface area contributed by atoms with E-state index in [1.807, 2.05) is 0 Å². The van der Waals surface area contributed by atoms with E-state index < -0.39 is 6.03 Å². The molecule has 2 rings (SSSR count). The molecule has 0 fully saturated rings. The van der Waals surface area contributed by atoms with E-state index in [-0.39, 0.29) is 19.1 Å². The molecule has 1 aliphatic rings. The van der Waals surface area contributed by atoms with Gasteiger partial charge in [0.25, 0.3) is 5.91 Å². The predicted octanol–water partition coefficient (Wildman–Crippen LogP) is 0.121. The third kappa shape index (κ3) is 3.14. The molecule has 0 radical (unpaired) electrons. The highest BCUT2D eigenvalue weighted by molar-refractivity contribution is 5.96. The van der Waals surface area contributed by atoms with Gasteiger partial charge in [-0.05, 0) is 30.2 Å². The molecular weight excluding hydrogens is 250 g/mol. The van der Waals surface area contributed by atoms with Crippen LogP contribution in [0.15, 0.2) is 18.2 Å². The number of hydroxylamine groups is 2. The fraction of sp³-hybridized carbons (Fsp3) is 0.333. The van der Waals surface area contributed by atoms with E-state index in [9.17, 15) is 9.59 Å². The Labute approximate surface area is 109 Å². The topological polar surface area (TPSA) is 105 Å². The first-order valence-corrected chi connectivity index (χ1v) is 5.87. The minimum Gasteiger partial charge on any atom is -0.492 e. The number of carbonyl (C=O) groups excluding carboxylic acids is 2. The number of hydrogen-bond donors (Lipinski definition) is 3. The molecule has 1 aromatic carbocycles. The molecule has 0 unspecified atom stereocenters. The van der Waals surface area contributed by atoms with E-state index in [0.29, 0.717) is 22.9 Å². The number of urea groups is 1. The van der Waals surface area contributed by atoms with Crippen molar-refractivity contribution in [3.05, 3.63) is 29.3 Å². The highest BCUT2D eigenvalue weighted by Crippen LogP contribution is 2.20. The van der Waals surface area contributed by atoms with Gasteiger partial charge in [-0.15, -0.1) is 0 Å². The lowest BCUT2D eigenvalue weighted by atomic mass is 10.0. The van der Waals surface area contributed by atoms with E-state index in [1.165, 1.54) is 0 Å². The summed E-state index contributed by atoms with van der Waals surface area (Å²) >= 11 is 0. The van der Waals surface area contributed by atoms with Crippen molar-refractivity contribution in [1.82, 2.24) is 10.4 Å². The van der Waals surface area contributed by atoms with Crippen molar-refractivity contribution >= 4 is 11.9 Å². The van der Waals surface area contributed by atoms with Gasteiger partial charge in [-0.25, -0.2) is 9.86 Å². The summed E-state index contributed by atoms with van der Waals surface area (Å²) < 4.78 is 5.39. The van der Waals surface area contributed by atoms with E-state index in [4.69, 9.17) is 15.7 Å². The summed E-state index contributed by atoms with van der Waals surface area (Å²) in [6.07, 6.45) is 0.756. The van der Waals surface area contributed by atoms with Crippen molar-refractivity contribution in [2.24, 2.45) is 5.73 Å². The minimum atomic E-state index is -0.925. The van der Waals surface area contributed by atoms with Gasteiger partial charge in [-0.3, -0.25) is 10.0 Å². The fourth-order valence-corrected chi connectivity index (χ4v) is 1.85. The van der Waals surface area contributed by atoms with Gasteiger partial charge in [0.2, 0.25) is 0 Å². The summed E-state index contributed by atoms with van der Waals surface area (Å²) in [4.78, 5) is 22.1. The number of rotatable bonds is 4. The summed E-state index contributed by atoms with van der Waals surface area (Å²) in [5.41, 5.74) is 6.44. The van der Waals surface area contributed by atoms with E-state index in [2.05, 4.69) is 5.32 Å². The Hall–Kier alpha value is -2.28. The predicted molar refractivity (Wildman–Crippen MR) is 66.1 cm³/mol. The van der Waals surface area contributed by atoms with Crippen LogP contribution in [-0.2, 0) is 6.42 Å². The van der Waals surface area contributed by atoms with Crippen LogP contribution in [0.4, 0.5) is 4.79 Å². The third-order valence-electron chi connectivity index (χ3n) is 2.83. The van der Waals surface area contributed by atoms with Crippen LogP contribution in [0.25, 0.3) is 0 Å². The average Bonchev–Trinajstić information content (AvgIpc) is 2.38. The first-order chi connectivity index (χ1) is 9.08. The van der Waals surface area contributed by atoms with Crippen LogP contribution in [0.1, 0.15) is 15.9 Å². The first kappa shape index (κ1) is 13.2. The maximum Gasteiger partial charge on any atom is 0.338 e. The van der Waals surface area contributed by atoms with Crippen LogP contribution in [0.5, 0.6) is 5.75 Å². The zero-order valence-corrected chi connectivity index (χ0v) is 10.3. The Morgan fingerprint density at radius 2 is 2.32 bits per heavy atom. The fourth-order valence-electron chi connectivity index (χ4n) is 1.85. The minimum absolute atomic E-state index is 0.0209. The van der Waals surface area contributed by atoms with Crippen molar-refractivity contribution in [3.63, 3.8) is 0 Å². The maximum atomic E-state index is 11.5. The molecule has 4 N–H and O–H groups in total. The number of nitrogens with two attached hydrogens (primary N) is 1. The number of fused-ring (bicyclic) bond motifs is 1. The maximum absolute atomic E-state index is 11.5. The highest BCUT2D eigenvalue weighted by atomic mass is 16.5. The molecule has 3 amide bonds. The van der Waals surface area contributed by atoms with Crippen molar-refractivity contribution in [1.29, 1.82) is 0 Å². The second-order valence-corrected chi connectivity index (χ2v) is 4.13. The summed E-state index contributed by atoms with van der Waals surface area (Å²) in [6.45, 7) is 0.707. The van der Waals surface area contributed by atoms with Crippen molar-refractivity contribution in [3.8, 4) is 5.75 Å². The van der Waals surface area contributed by atoms with Gasteiger partial charge in [0.1, 0.15) is 12.4 Å². The van der Waals surface area contributed by atoms with Gasteiger partial charge in [-0.2, -0.15) is 0 Å². The van der Waals surface area contributed by atoms with E-state index in [0.717, 1.165) is 12.0 Å². The van der Waals surface area contributed by atoms with Gasteiger partial charge < -0.3 is 15.8 Å². The van der Waals surface area contributed by atoms with Gasteiger partial charge in [0.15, 0.2) is 0 Å². The number of ether oxygens (including phenoxy) is 1. The monoisotopic (exact) mass is 265 g/mol. The third-order valence-corrected chi connectivity index (χ3v) is 2.83. The number of nitrogens with zero attached hydrogens (tertiary/aromatic N) is 1. The Bertz CT molecular complexity index is 504. The lowest BCUT2D eigenvalue weighted by Crippen LogP contribution is -2.35. The van der Waals surface area contributed by atoms with Gasteiger partial charge in [-0.1, -0.05) is 0 Å². The molecule has 0 aromatic heterocycles. The quantitative estimate of drug-likeness (QED) is 0.531. The Morgan fingerprint density at radius 1 is 1.53 bits per heavy atom. The largest absolute Gasteiger partial charge is 0.492 e. The van der Waals surface area contributed by atoms with Crippen LogP contribution in [0.3, 0.4) is 0 Å². The lowest BCUT2D eigenvalue weighted by molar-refractivity contribution is -0.0464. The van der Waals surface area contributed by atoms with Crippen molar-refractivity contribution in [2.45, 2.75) is 6.42 Å².